The number of nitriles is 1. The fourth-order valence-electron chi connectivity index (χ4n) is 2.04. The number of ether oxygens (including phenoxy) is 1. The Kier molecular flexibility index (Phi) is 3.08. The van der Waals surface area contributed by atoms with Crippen LogP contribution >= 0.6 is 0 Å². The van der Waals surface area contributed by atoms with Gasteiger partial charge in [0.2, 0.25) is 0 Å². The average Bonchev–Trinajstić information content (AvgIpc) is 2.83. The molecule has 78 valence electrons. The number of hydrogen-bond acceptors (Lipinski definition) is 2. The van der Waals surface area contributed by atoms with E-state index < -0.39 is 0 Å². The van der Waals surface area contributed by atoms with E-state index in [0.29, 0.717) is 6.42 Å². The summed E-state index contributed by atoms with van der Waals surface area (Å²) in [6.45, 7) is 1.74. The summed E-state index contributed by atoms with van der Waals surface area (Å²) in [6.07, 6.45) is 8.56. The van der Waals surface area contributed by atoms with E-state index in [4.69, 9.17) is 10.00 Å². The second-order valence-electron chi connectivity index (χ2n) is 4.97. The first-order valence-electron chi connectivity index (χ1n) is 5.79. The van der Waals surface area contributed by atoms with E-state index in [1.54, 1.807) is 0 Å². The van der Waals surface area contributed by atoms with Gasteiger partial charge in [-0.3, -0.25) is 0 Å². The number of hydrogen-bond donors (Lipinski definition) is 0. The lowest BCUT2D eigenvalue weighted by atomic mass is 9.83. The standard InChI is InChI=1S/C12H19NO/c13-8-7-12(5-6-12)10-14-9-4-11-2-1-3-11/h11H,1-7,9-10H2. The lowest BCUT2D eigenvalue weighted by Crippen LogP contribution is -2.16. The van der Waals surface area contributed by atoms with E-state index in [-0.39, 0.29) is 5.41 Å². The van der Waals surface area contributed by atoms with Gasteiger partial charge in [-0.05, 0) is 25.2 Å². The van der Waals surface area contributed by atoms with Gasteiger partial charge in [-0.15, -0.1) is 0 Å². The summed E-state index contributed by atoms with van der Waals surface area (Å²) in [5.74, 6) is 0.945. The highest BCUT2D eigenvalue weighted by atomic mass is 16.5. The predicted octanol–water partition coefficient (Wildman–Crippen LogP) is 2.89. The highest BCUT2D eigenvalue weighted by Crippen LogP contribution is 2.48. The fourth-order valence-corrected chi connectivity index (χ4v) is 2.04. The van der Waals surface area contributed by atoms with Gasteiger partial charge in [0.15, 0.2) is 0 Å². The molecule has 2 aliphatic rings. The summed E-state index contributed by atoms with van der Waals surface area (Å²) >= 11 is 0. The largest absolute Gasteiger partial charge is 0.381 e. The lowest BCUT2D eigenvalue weighted by molar-refractivity contribution is 0.0726. The van der Waals surface area contributed by atoms with Crippen LogP contribution in [0.4, 0.5) is 0 Å². The molecule has 0 saturated heterocycles. The van der Waals surface area contributed by atoms with Crippen molar-refractivity contribution in [2.45, 2.75) is 44.9 Å². The van der Waals surface area contributed by atoms with E-state index in [0.717, 1.165) is 19.1 Å². The van der Waals surface area contributed by atoms with Crippen LogP contribution in [0.1, 0.15) is 44.9 Å². The molecule has 14 heavy (non-hydrogen) atoms. The predicted molar refractivity (Wildman–Crippen MR) is 54.7 cm³/mol. The molecule has 0 heterocycles. The fraction of sp³-hybridized carbons (Fsp3) is 0.917. The Hall–Kier alpha value is -0.550. The van der Waals surface area contributed by atoms with Gasteiger partial charge in [0.25, 0.3) is 0 Å². The van der Waals surface area contributed by atoms with Crippen molar-refractivity contribution < 1.29 is 4.74 Å². The molecule has 2 aliphatic carbocycles. The van der Waals surface area contributed by atoms with E-state index in [1.807, 2.05) is 0 Å². The molecule has 0 atom stereocenters. The molecule has 0 aromatic rings. The minimum absolute atomic E-state index is 0.272. The Morgan fingerprint density at radius 3 is 2.64 bits per heavy atom. The molecule has 2 nitrogen and oxygen atoms in total. The first-order valence-corrected chi connectivity index (χ1v) is 5.79. The summed E-state index contributed by atoms with van der Waals surface area (Å²) in [5, 5.41) is 8.63. The Morgan fingerprint density at radius 1 is 1.36 bits per heavy atom. The van der Waals surface area contributed by atoms with Gasteiger partial charge >= 0.3 is 0 Å². The lowest BCUT2D eigenvalue weighted by Gasteiger charge is -2.25. The zero-order valence-electron chi connectivity index (χ0n) is 8.80. The van der Waals surface area contributed by atoms with Gasteiger partial charge in [-0.1, -0.05) is 19.3 Å². The van der Waals surface area contributed by atoms with Crippen molar-refractivity contribution in [1.29, 1.82) is 5.26 Å². The van der Waals surface area contributed by atoms with Crippen LogP contribution < -0.4 is 0 Å². The van der Waals surface area contributed by atoms with Crippen LogP contribution in [0, 0.1) is 22.7 Å². The van der Waals surface area contributed by atoms with E-state index in [1.165, 1.54) is 38.5 Å². The highest BCUT2D eigenvalue weighted by molar-refractivity contribution is 4.99. The minimum atomic E-state index is 0.272. The Morgan fingerprint density at radius 2 is 2.14 bits per heavy atom. The third-order valence-corrected chi connectivity index (χ3v) is 3.71. The maximum atomic E-state index is 8.63. The molecule has 2 heteroatoms. The van der Waals surface area contributed by atoms with Crippen LogP contribution in [0.3, 0.4) is 0 Å². The first kappa shape index (κ1) is 9.98. The molecule has 0 aromatic heterocycles. The van der Waals surface area contributed by atoms with Gasteiger partial charge < -0.3 is 4.74 Å². The van der Waals surface area contributed by atoms with E-state index in [2.05, 4.69) is 6.07 Å². The molecular formula is C12H19NO. The van der Waals surface area contributed by atoms with Crippen LogP contribution in [-0.4, -0.2) is 13.2 Å². The van der Waals surface area contributed by atoms with Crippen molar-refractivity contribution >= 4 is 0 Å². The molecule has 0 aromatic carbocycles. The molecule has 0 bridgehead atoms. The number of rotatable bonds is 6. The first-order chi connectivity index (χ1) is 6.85. The SMILES string of the molecule is N#CCC1(COCCC2CCC2)CC1. The second-order valence-corrected chi connectivity index (χ2v) is 4.97. The van der Waals surface area contributed by atoms with Crippen molar-refractivity contribution in [3.05, 3.63) is 0 Å². The Bertz CT molecular complexity index is 223. The van der Waals surface area contributed by atoms with Crippen molar-refractivity contribution in [3.8, 4) is 6.07 Å². The Labute approximate surface area is 86.2 Å². The summed E-state index contributed by atoms with van der Waals surface area (Å²) in [7, 11) is 0. The smallest absolute Gasteiger partial charge is 0.0628 e. The molecule has 0 radical (unpaired) electrons. The van der Waals surface area contributed by atoms with E-state index >= 15 is 0 Å². The second kappa shape index (κ2) is 4.31. The quantitative estimate of drug-likeness (QED) is 0.608. The summed E-state index contributed by atoms with van der Waals surface area (Å²) in [5.41, 5.74) is 0.272. The molecule has 0 spiro atoms. The van der Waals surface area contributed by atoms with Gasteiger partial charge in [0.05, 0.1) is 12.7 Å². The topological polar surface area (TPSA) is 33.0 Å². The van der Waals surface area contributed by atoms with Crippen molar-refractivity contribution in [2.75, 3.05) is 13.2 Å². The zero-order chi connectivity index (χ0) is 9.86. The third-order valence-electron chi connectivity index (χ3n) is 3.71. The summed E-state index contributed by atoms with van der Waals surface area (Å²) in [4.78, 5) is 0. The maximum absolute atomic E-state index is 8.63. The molecule has 2 saturated carbocycles. The third kappa shape index (κ3) is 2.48. The molecule has 0 aliphatic heterocycles. The van der Waals surface area contributed by atoms with Crippen LogP contribution in [0.5, 0.6) is 0 Å². The monoisotopic (exact) mass is 193 g/mol. The zero-order valence-corrected chi connectivity index (χ0v) is 8.80. The number of nitrogens with zero attached hydrogens (tertiary/aromatic N) is 1. The van der Waals surface area contributed by atoms with Crippen LogP contribution in [0.2, 0.25) is 0 Å². The van der Waals surface area contributed by atoms with E-state index in [9.17, 15) is 0 Å². The minimum Gasteiger partial charge on any atom is -0.381 e. The average molecular weight is 193 g/mol. The van der Waals surface area contributed by atoms with Gasteiger partial charge in [0.1, 0.15) is 0 Å². The molecule has 0 unspecified atom stereocenters. The van der Waals surface area contributed by atoms with Crippen LogP contribution in [0.25, 0.3) is 0 Å². The Balaban J connectivity index is 1.52. The molecule has 0 N–H and O–H groups in total. The molecule has 0 amide bonds. The van der Waals surface area contributed by atoms with Crippen LogP contribution in [0.15, 0.2) is 0 Å². The highest BCUT2D eigenvalue weighted by Gasteiger charge is 2.42. The summed E-state index contributed by atoms with van der Waals surface area (Å²) in [6, 6.07) is 2.26. The van der Waals surface area contributed by atoms with Gasteiger partial charge in [0, 0.05) is 18.4 Å². The van der Waals surface area contributed by atoms with Crippen molar-refractivity contribution in [3.63, 3.8) is 0 Å². The summed E-state index contributed by atoms with van der Waals surface area (Å²) < 4.78 is 5.67. The van der Waals surface area contributed by atoms with Gasteiger partial charge in [-0.2, -0.15) is 5.26 Å². The maximum Gasteiger partial charge on any atom is 0.0628 e. The van der Waals surface area contributed by atoms with Crippen molar-refractivity contribution in [2.24, 2.45) is 11.3 Å². The normalized spacial score (nSPS) is 23.9. The van der Waals surface area contributed by atoms with Crippen molar-refractivity contribution in [1.82, 2.24) is 0 Å². The van der Waals surface area contributed by atoms with Crippen LogP contribution in [-0.2, 0) is 4.74 Å². The molecule has 2 fully saturated rings. The molecule has 2 rings (SSSR count). The van der Waals surface area contributed by atoms with Gasteiger partial charge in [-0.25, -0.2) is 0 Å². The molecular weight excluding hydrogens is 174 g/mol.